The molecule has 0 fully saturated rings. The van der Waals surface area contributed by atoms with E-state index in [1.54, 1.807) is 0 Å². The van der Waals surface area contributed by atoms with E-state index in [-0.39, 0.29) is 17.1 Å². The Morgan fingerprint density at radius 1 is 1.22 bits per heavy atom. The molecule has 1 heterocycles. The van der Waals surface area contributed by atoms with Crippen LogP contribution in [-0.4, -0.2) is 28.8 Å². The van der Waals surface area contributed by atoms with Crippen molar-refractivity contribution in [3.05, 3.63) is 59.4 Å². The largest absolute Gasteiger partial charge is 0.496 e. The number of methoxy groups -OCH3 is 1. The lowest BCUT2D eigenvalue weighted by Crippen LogP contribution is -2.05. The van der Waals surface area contributed by atoms with Crippen LogP contribution in [0.4, 0.5) is 15.2 Å². The highest BCUT2D eigenvalue weighted by Gasteiger charge is 2.15. The zero-order valence-corrected chi connectivity index (χ0v) is 16.5. The molecule has 27 heavy (non-hydrogen) atoms. The van der Waals surface area contributed by atoms with Gasteiger partial charge in [0.25, 0.3) is 0 Å². The Morgan fingerprint density at radius 2 is 2.00 bits per heavy atom. The quantitative estimate of drug-likeness (QED) is 0.423. The molecular formula is C19H18FN3O2S2. The summed E-state index contributed by atoms with van der Waals surface area (Å²) < 4.78 is 19.2. The Labute approximate surface area is 165 Å². The van der Waals surface area contributed by atoms with Crippen LogP contribution >= 0.6 is 23.1 Å². The van der Waals surface area contributed by atoms with Crippen molar-refractivity contribution in [2.24, 2.45) is 0 Å². The third kappa shape index (κ3) is 5.05. The number of Topliss-reactive ketones (excluding diaryl/α,β-unsaturated/α-hetero) is 1. The van der Waals surface area contributed by atoms with Crippen LogP contribution in [0.15, 0.2) is 46.8 Å². The van der Waals surface area contributed by atoms with Crippen molar-refractivity contribution in [1.29, 1.82) is 0 Å². The number of hydrogen-bond donors (Lipinski definition) is 1. The predicted molar refractivity (Wildman–Crippen MR) is 107 cm³/mol. The Hall–Kier alpha value is -2.45. The van der Waals surface area contributed by atoms with Gasteiger partial charge in [-0.1, -0.05) is 42.2 Å². The van der Waals surface area contributed by atoms with E-state index in [1.165, 1.54) is 54.0 Å². The second kappa shape index (κ2) is 8.96. The van der Waals surface area contributed by atoms with Gasteiger partial charge in [-0.15, -0.1) is 10.2 Å². The minimum Gasteiger partial charge on any atom is -0.496 e. The van der Waals surface area contributed by atoms with E-state index in [2.05, 4.69) is 34.6 Å². The molecule has 140 valence electrons. The molecule has 0 aliphatic rings. The van der Waals surface area contributed by atoms with Gasteiger partial charge in [-0.25, -0.2) is 4.39 Å². The molecule has 0 aliphatic carbocycles. The van der Waals surface area contributed by atoms with Crippen LogP contribution in [0.2, 0.25) is 0 Å². The normalized spacial score (nSPS) is 10.6. The number of anilines is 2. The fraction of sp³-hybridized carbons (Fsp3) is 0.211. The fourth-order valence-corrected chi connectivity index (χ4v) is 4.02. The second-order valence-electron chi connectivity index (χ2n) is 5.61. The molecule has 0 saturated carbocycles. The van der Waals surface area contributed by atoms with E-state index in [0.717, 1.165) is 12.1 Å². The number of rotatable bonds is 8. The standard InChI is InChI=1S/C19H18FN3O2S2/c1-3-12-4-7-14(8-5-12)21-18-22-23-19(27-18)26-11-16(24)15-10-13(20)6-9-17(15)25-2/h4-10H,3,11H2,1-2H3,(H,21,22). The molecule has 0 aliphatic heterocycles. The van der Waals surface area contributed by atoms with Gasteiger partial charge in [-0.3, -0.25) is 4.79 Å². The van der Waals surface area contributed by atoms with Gasteiger partial charge in [0.1, 0.15) is 11.6 Å². The highest BCUT2D eigenvalue weighted by atomic mass is 32.2. The SMILES string of the molecule is CCc1ccc(Nc2nnc(SCC(=O)c3cc(F)ccc3OC)s2)cc1. The lowest BCUT2D eigenvalue weighted by atomic mass is 10.1. The zero-order chi connectivity index (χ0) is 19.2. The van der Waals surface area contributed by atoms with Crippen LogP contribution < -0.4 is 10.1 Å². The number of benzene rings is 2. The Morgan fingerprint density at radius 3 is 2.70 bits per heavy atom. The minimum absolute atomic E-state index is 0.125. The molecular weight excluding hydrogens is 385 g/mol. The van der Waals surface area contributed by atoms with Crippen LogP contribution in [0.5, 0.6) is 5.75 Å². The molecule has 0 unspecified atom stereocenters. The van der Waals surface area contributed by atoms with Crippen molar-refractivity contribution in [1.82, 2.24) is 10.2 Å². The van der Waals surface area contributed by atoms with Crippen molar-refractivity contribution in [2.75, 3.05) is 18.2 Å². The summed E-state index contributed by atoms with van der Waals surface area (Å²) in [5.74, 6) is -0.214. The van der Waals surface area contributed by atoms with Crippen molar-refractivity contribution in [3.8, 4) is 5.75 Å². The average molecular weight is 404 g/mol. The molecule has 0 atom stereocenters. The molecule has 5 nitrogen and oxygen atoms in total. The number of nitrogens with one attached hydrogen (secondary N) is 1. The van der Waals surface area contributed by atoms with E-state index in [4.69, 9.17) is 4.74 Å². The molecule has 0 bridgehead atoms. The predicted octanol–water partition coefficient (Wildman–Crippen LogP) is 4.97. The highest BCUT2D eigenvalue weighted by molar-refractivity contribution is 8.01. The molecule has 0 saturated heterocycles. The molecule has 0 spiro atoms. The van der Waals surface area contributed by atoms with Gasteiger partial charge in [0, 0.05) is 5.69 Å². The molecule has 3 rings (SSSR count). The van der Waals surface area contributed by atoms with Gasteiger partial charge in [0.2, 0.25) is 5.13 Å². The summed E-state index contributed by atoms with van der Waals surface area (Å²) in [6, 6.07) is 12.0. The first-order valence-electron chi connectivity index (χ1n) is 8.28. The third-order valence-corrected chi connectivity index (χ3v) is 5.78. The summed E-state index contributed by atoms with van der Waals surface area (Å²) in [5.41, 5.74) is 2.42. The molecule has 3 aromatic rings. The number of aryl methyl sites for hydroxylation is 1. The first-order chi connectivity index (χ1) is 13.1. The van der Waals surface area contributed by atoms with Gasteiger partial charge < -0.3 is 10.1 Å². The third-order valence-electron chi connectivity index (χ3n) is 3.81. The maximum absolute atomic E-state index is 13.4. The number of thioether (sulfide) groups is 1. The Balaban J connectivity index is 1.60. The van der Waals surface area contributed by atoms with Crippen molar-refractivity contribution >= 4 is 39.7 Å². The van der Waals surface area contributed by atoms with Gasteiger partial charge in [0.05, 0.1) is 18.4 Å². The zero-order valence-electron chi connectivity index (χ0n) is 14.9. The fourth-order valence-electron chi connectivity index (χ4n) is 2.37. The van der Waals surface area contributed by atoms with Gasteiger partial charge in [-0.05, 0) is 42.3 Å². The molecule has 1 aromatic heterocycles. The van der Waals surface area contributed by atoms with E-state index >= 15 is 0 Å². The number of ketones is 1. The number of aromatic nitrogens is 2. The van der Waals surface area contributed by atoms with E-state index < -0.39 is 5.82 Å². The molecule has 0 amide bonds. The summed E-state index contributed by atoms with van der Waals surface area (Å²) in [6.07, 6.45) is 0.990. The lowest BCUT2D eigenvalue weighted by Gasteiger charge is -2.06. The van der Waals surface area contributed by atoms with Crippen LogP contribution in [-0.2, 0) is 6.42 Å². The monoisotopic (exact) mass is 403 g/mol. The summed E-state index contributed by atoms with van der Waals surface area (Å²) >= 11 is 2.62. The van der Waals surface area contributed by atoms with Crippen LogP contribution in [0.25, 0.3) is 0 Å². The van der Waals surface area contributed by atoms with Gasteiger partial charge in [0.15, 0.2) is 10.1 Å². The summed E-state index contributed by atoms with van der Waals surface area (Å²) in [5, 5.41) is 12.0. The second-order valence-corrected chi connectivity index (χ2v) is 7.81. The Kier molecular flexibility index (Phi) is 6.41. The summed E-state index contributed by atoms with van der Waals surface area (Å²) in [4.78, 5) is 12.4. The number of carbonyl (C=O) groups excluding carboxylic acids is 1. The first kappa shape index (κ1) is 19.3. The summed E-state index contributed by atoms with van der Waals surface area (Å²) in [7, 11) is 1.45. The van der Waals surface area contributed by atoms with E-state index in [9.17, 15) is 9.18 Å². The van der Waals surface area contributed by atoms with Crippen molar-refractivity contribution in [3.63, 3.8) is 0 Å². The van der Waals surface area contributed by atoms with Gasteiger partial charge >= 0.3 is 0 Å². The smallest absolute Gasteiger partial charge is 0.210 e. The highest BCUT2D eigenvalue weighted by Crippen LogP contribution is 2.29. The van der Waals surface area contributed by atoms with Crippen LogP contribution in [0.3, 0.4) is 0 Å². The van der Waals surface area contributed by atoms with E-state index in [0.29, 0.717) is 15.2 Å². The van der Waals surface area contributed by atoms with Gasteiger partial charge in [-0.2, -0.15) is 0 Å². The van der Waals surface area contributed by atoms with Crippen molar-refractivity contribution < 1.29 is 13.9 Å². The lowest BCUT2D eigenvalue weighted by molar-refractivity contribution is 0.101. The maximum Gasteiger partial charge on any atom is 0.210 e. The van der Waals surface area contributed by atoms with Crippen LogP contribution in [0.1, 0.15) is 22.8 Å². The molecule has 1 N–H and O–H groups in total. The molecule has 8 heteroatoms. The number of carbonyl (C=O) groups is 1. The number of ether oxygens (including phenoxy) is 1. The first-order valence-corrected chi connectivity index (χ1v) is 10.1. The number of halogens is 1. The Bertz CT molecular complexity index is 929. The number of hydrogen-bond acceptors (Lipinski definition) is 7. The molecule has 2 aromatic carbocycles. The van der Waals surface area contributed by atoms with E-state index in [1.807, 2.05) is 12.1 Å². The maximum atomic E-state index is 13.4. The topological polar surface area (TPSA) is 64.1 Å². The number of nitrogens with zero attached hydrogens (tertiary/aromatic N) is 2. The van der Waals surface area contributed by atoms with Crippen molar-refractivity contribution in [2.45, 2.75) is 17.7 Å². The minimum atomic E-state index is -0.472. The molecule has 0 radical (unpaired) electrons. The average Bonchev–Trinajstić information content (AvgIpc) is 3.14. The summed E-state index contributed by atoms with van der Waals surface area (Å²) in [6.45, 7) is 2.11. The van der Waals surface area contributed by atoms with Crippen LogP contribution in [0, 0.1) is 5.82 Å².